The Morgan fingerprint density at radius 3 is 2.31 bits per heavy atom. The molecule has 0 saturated carbocycles. The summed E-state index contributed by atoms with van der Waals surface area (Å²) in [7, 11) is -3.50. The van der Waals surface area contributed by atoms with Gasteiger partial charge >= 0.3 is 0 Å². The van der Waals surface area contributed by atoms with Crippen LogP contribution in [0.2, 0.25) is 0 Å². The van der Waals surface area contributed by atoms with Crippen LogP contribution in [0.5, 0.6) is 0 Å². The number of amides is 1. The van der Waals surface area contributed by atoms with E-state index in [1.165, 1.54) is 4.31 Å². The Hall–Kier alpha value is -1.15. The van der Waals surface area contributed by atoms with Crippen molar-refractivity contribution < 1.29 is 13.2 Å². The predicted octanol–water partition coefficient (Wildman–Crippen LogP) is 1.69. The Kier molecular flexibility index (Phi) is 6.71. The molecule has 0 aliphatic carbocycles. The number of benzene rings is 1. The fraction of sp³-hybridized carbons (Fsp3) is 0.611. The molecule has 1 aromatic carbocycles. The maximum Gasteiger partial charge on any atom is 0.243 e. The van der Waals surface area contributed by atoms with E-state index in [1.807, 2.05) is 30.9 Å². The molecule has 0 unspecified atom stereocenters. The average molecular weight is 402 g/mol. The molecule has 0 bridgehead atoms. The molecule has 2 aliphatic heterocycles. The second-order valence-electron chi connectivity index (χ2n) is 7.28. The van der Waals surface area contributed by atoms with E-state index in [4.69, 9.17) is 5.73 Å². The molecule has 2 aliphatic rings. The van der Waals surface area contributed by atoms with Gasteiger partial charge in [0.05, 0.1) is 4.90 Å². The quantitative estimate of drug-likeness (QED) is 0.835. The number of nitrogens with zero attached hydrogens (tertiary/aromatic N) is 2. The number of rotatable bonds is 3. The zero-order chi connectivity index (χ0) is 18.2. The van der Waals surface area contributed by atoms with Crippen LogP contribution in [0.3, 0.4) is 0 Å². The summed E-state index contributed by atoms with van der Waals surface area (Å²) in [6.07, 6.45) is 2.01. The van der Waals surface area contributed by atoms with Gasteiger partial charge in [-0.3, -0.25) is 4.79 Å². The zero-order valence-corrected chi connectivity index (χ0v) is 17.0. The van der Waals surface area contributed by atoms with Gasteiger partial charge in [0.2, 0.25) is 15.9 Å². The minimum absolute atomic E-state index is 0. The van der Waals surface area contributed by atoms with Gasteiger partial charge < -0.3 is 10.6 Å². The number of piperidine rings is 1. The minimum atomic E-state index is -3.50. The summed E-state index contributed by atoms with van der Waals surface area (Å²) in [6.45, 7) is 5.91. The van der Waals surface area contributed by atoms with Gasteiger partial charge in [0, 0.05) is 38.1 Å². The van der Waals surface area contributed by atoms with E-state index < -0.39 is 10.0 Å². The lowest BCUT2D eigenvalue weighted by Crippen LogP contribution is -2.44. The molecule has 0 spiro atoms. The summed E-state index contributed by atoms with van der Waals surface area (Å²) in [4.78, 5) is 14.8. The van der Waals surface area contributed by atoms with E-state index in [9.17, 15) is 13.2 Å². The molecular formula is C18H28ClN3O3S. The van der Waals surface area contributed by atoms with Crippen molar-refractivity contribution in [3.8, 4) is 0 Å². The second-order valence-corrected chi connectivity index (χ2v) is 9.19. The fourth-order valence-electron chi connectivity index (χ4n) is 3.82. The standard InChI is InChI=1S/C18H27N3O3S.ClH/c1-13-3-4-17(14(2)11-13)25(23,24)21-9-5-15(6-10-21)18(22)20-8-7-16(19)12-20;/h3-4,11,15-16H,5-10,12,19H2,1-2H3;1H/t16-;/m1./s1. The number of carbonyl (C=O) groups excluding carboxylic acids is 1. The van der Waals surface area contributed by atoms with Crippen LogP contribution in [-0.2, 0) is 14.8 Å². The molecule has 0 radical (unpaired) electrons. The van der Waals surface area contributed by atoms with E-state index in [1.54, 1.807) is 6.07 Å². The maximum absolute atomic E-state index is 12.9. The Morgan fingerprint density at radius 1 is 1.12 bits per heavy atom. The SMILES string of the molecule is Cc1ccc(S(=O)(=O)N2CCC(C(=O)N3CC[C@@H](N)C3)CC2)c(C)c1.Cl. The molecule has 2 saturated heterocycles. The van der Waals surface area contributed by atoms with Crippen LogP contribution in [0, 0.1) is 19.8 Å². The Labute approximate surface area is 162 Å². The van der Waals surface area contributed by atoms with Crippen LogP contribution in [-0.4, -0.2) is 55.8 Å². The molecule has 146 valence electrons. The van der Waals surface area contributed by atoms with Crippen molar-refractivity contribution in [2.24, 2.45) is 11.7 Å². The van der Waals surface area contributed by atoms with Gasteiger partial charge in [-0.1, -0.05) is 17.7 Å². The van der Waals surface area contributed by atoms with Crippen LogP contribution in [0.4, 0.5) is 0 Å². The van der Waals surface area contributed by atoms with E-state index in [0.29, 0.717) is 37.4 Å². The van der Waals surface area contributed by atoms with Gasteiger partial charge in [0.25, 0.3) is 0 Å². The highest BCUT2D eigenvalue weighted by atomic mass is 35.5. The first-order chi connectivity index (χ1) is 11.8. The third-order valence-corrected chi connectivity index (χ3v) is 7.35. The molecule has 2 fully saturated rings. The molecule has 2 heterocycles. The molecule has 0 aromatic heterocycles. The van der Waals surface area contributed by atoms with E-state index in [0.717, 1.165) is 24.1 Å². The highest BCUT2D eigenvalue weighted by Gasteiger charge is 2.35. The number of hydrogen-bond acceptors (Lipinski definition) is 4. The van der Waals surface area contributed by atoms with Gasteiger partial charge in [-0.05, 0) is 44.7 Å². The lowest BCUT2D eigenvalue weighted by molar-refractivity contribution is -0.135. The maximum atomic E-state index is 12.9. The van der Waals surface area contributed by atoms with Crippen LogP contribution in [0.1, 0.15) is 30.4 Å². The smallest absolute Gasteiger partial charge is 0.243 e. The van der Waals surface area contributed by atoms with Crippen LogP contribution >= 0.6 is 12.4 Å². The van der Waals surface area contributed by atoms with Gasteiger partial charge in [-0.15, -0.1) is 12.4 Å². The lowest BCUT2D eigenvalue weighted by Gasteiger charge is -2.32. The van der Waals surface area contributed by atoms with E-state index >= 15 is 0 Å². The third kappa shape index (κ3) is 4.22. The molecule has 6 nitrogen and oxygen atoms in total. The van der Waals surface area contributed by atoms with Crippen LogP contribution < -0.4 is 5.73 Å². The fourth-order valence-corrected chi connectivity index (χ4v) is 5.49. The molecule has 26 heavy (non-hydrogen) atoms. The first-order valence-corrected chi connectivity index (χ1v) is 10.3. The largest absolute Gasteiger partial charge is 0.341 e. The lowest BCUT2D eigenvalue weighted by atomic mass is 9.97. The number of aryl methyl sites for hydroxylation is 2. The van der Waals surface area contributed by atoms with Gasteiger partial charge in [-0.2, -0.15) is 4.31 Å². The molecule has 2 N–H and O–H groups in total. The Morgan fingerprint density at radius 2 is 1.77 bits per heavy atom. The first-order valence-electron chi connectivity index (χ1n) is 8.91. The first kappa shape index (κ1) is 21.2. The van der Waals surface area contributed by atoms with E-state index in [-0.39, 0.29) is 30.3 Å². The summed E-state index contributed by atoms with van der Waals surface area (Å²) in [5.41, 5.74) is 7.69. The summed E-state index contributed by atoms with van der Waals surface area (Å²) < 4.78 is 27.3. The van der Waals surface area contributed by atoms with Crippen molar-refractivity contribution >= 4 is 28.3 Å². The van der Waals surface area contributed by atoms with Crippen LogP contribution in [0.25, 0.3) is 0 Å². The topological polar surface area (TPSA) is 83.7 Å². The molecular weight excluding hydrogens is 374 g/mol. The second kappa shape index (κ2) is 8.25. The van der Waals surface area contributed by atoms with Crippen molar-refractivity contribution in [1.29, 1.82) is 0 Å². The Balaban J connectivity index is 0.00000243. The summed E-state index contributed by atoms with van der Waals surface area (Å²) in [5, 5.41) is 0. The highest BCUT2D eigenvalue weighted by molar-refractivity contribution is 7.89. The van der Waals surface area contributed by atoms with Gasteiger partial charge in [-0.25, -0.2) is 8.42 Å². The molecule has 8 heteroatoms. The number of likely N-dealkylation sites (tertiary alicyclic amines) is 1. The Bertz CT molecular complexity index is 761. The molecule has 1 aromatic rings. The third-order valence-electron chi connectivity index (χ3n) is 5.29. The summed E-state index contributed by atoms with van der Waals surface area (Å²) >= 11 is 0. The van der Waals surface area contributed by atoms with E-state index in [2.05, 4.69) is 0 Å². The number of carbonyl (C=O) groups is 1. The van der Waals surface area contributed by atoms with Crippen LogP contribution in [0.15, 0.2) is 23.1 Å². The van der Waals surface area contributed by atoms with Gasteiger partial charge in [0.1, 0.15) is 0 Å². The molecule has 3 rings (SSSR count). The molecule has 1 amide bonds. The van der Waals surface area contributed by atoms with Crippen molar-refractivity contribution in [1.82, 2.24) is 9.21 Å². The van der Waals surface area contributed by atoms with Crippen molar-refractivity contribution in [2.45, 2.75) is 44.0 Å². The van der Waals surface area contributed by atoms with Crippen molar-refractivity contribution in [2.75, 3.05) is 26.2 Å². The average Bonchev–Trinajstić information content (AvgIpc) is 3.00. The van der Waals surface area contributed by atoms with Crippen molar-refractivity contribution in [3.05, 3.63) is 29.3 Å². The van der Waals surface area contributed by atoms with Gasteiger partial charge in [0.15, 0.2) is 0 Å². The normalized spacial score (nSPS) is 22.3. The molecule has 1 atom stereocenters. The number of hydrogen-bond donors (Lipinski definition) is 1. The number of sulfonamides is 1. The number of halogens is 1. The predicted molar refractivity (Wildman–Crippen MR) is 104 cm³/mol. The minimum Gasteiger partial charge on any atom is -0.341 e. The zero-order valence-electron chi connectivity index (χ0n) is 15.3. The highest BCUT2D eigenvalue weighted by Crippen LogP contribution is 2.27. The number of nitrogens with two attached hydrogens (primary N) is 1. The summed E-state index contributed by atoms with van der Waals surface area (Å²) in [6, 6.07) is 5.48. The summed E-state index contributed by atoms with van der Waals surface area (Å²) in [5.74, 6) is 0.0485. The van der Waals surface area contributed by atoms with Crippen molar-refractivity contribution in [3.63, 3.8) is 0 Å². The monoisotopic (exact) mass is 401 g/mol.